The van der Waals surface area contributed by atoms with Crippen molar-refractivity contribution < 1.29 is 14.3 Å². The lowest BCUT2D eigenvalue weighted by Crippen LogP contribution is -2.23. The van der Waals surface area contributed by atoms with Crippen molar-refractivity contribution in [3.63, 3.8) is 0 Å². The van der Waals surface area contributed by atoms with Gasteiger partial charge < -0.3 is 14.3 Å². The van der Waals surface area contributed by atoms with Gasteiger partial charge in [0.1, 0.15) is 0 Å². The lowest BCUT2D eigenvalue weighted by atomic mass is 10.2. The lowest BCUT2D eigenvalue weighted by molar-refractivity contribution is 0.132. The summed E-state index contributed by atoms with van der Waals surface area (Å²) >= 11 is 4.01. The van der Waals surface area contributed by atoms with E-state index >= 15 is 0 Å². The van der Waals surface area contributed by atoms with Crippen molar-refractivity contribution in [3.8, 4) is 0 Å². The molecule has 0 saturated heterocycles. The molecule has 5 heteroatoms. The van der Waals surface area contributed by atoms with Gasteiger partial charge in [0, 0.05) is 13.2 Å². The van der Waals surface area contributed by atoms with E-state index in [9.17, 15) is 0 Å². The Kier molecular flexibility index (Phi) is 9.61. The van der Waals surface area contributed by atoms with Crippen LogP contribution in [-0.4, -0.2) is 31.3 Å². The summed E-state index contributed by atoms with van der Waals surface area (Å²) in [6.07, 6.45) is 2.84. The molecule has 0 aromatic rings. The van der Waals surface area contributed by atoms with Crippen LogP contribution in [0.15, 0.2) is 0 Å². The second kappa shape index (κ2) is 9.38. The number of unbranched alkanes of at least 4 members (excludes halogenated alkanes) is 1. The Morgan fingerprint density at radius 2 is 1.83 bits per heavy atom. The smallest absolute Gasteiger partial charge is 0.402 e. The molecule has 0 fully saturated rings. The molecule has 0 rings (SSSR count). The first-order chi connectivity index (χ1) is 5.81. The summed E-state index contributed by atoms with van der Waals surface area (Å²) in [7, 11) is -1.06. The zero-order chi connectivity index (χ0) is 9.23. The summed E-state index contributed by atoms with van der Waals surface area (Å²) in [4.78, 5) is 0. The molecule has 72 valence electrons. The summed E-state index contributed by atoms with van der Waals surface area (Å²) < 4.78 is 9.85. The van der Waals surface area contributed by atoms with E-state index in [0.29, 0.717) is 13.2 Å². The van der Waals surface area contributed by atoms with Crippen LogP contribution in [0.1, 0.15) is 26.2 Å². The van der Waals surface area contributed by atoms with E-state index in [-0.39, 0.29) is 0 Å². The second-order valence-corrected chi connectivity index (χ2v) is 2.93. The molecule has 0 aliphatic carbocycles. The third-order valence-corrected chi connectivity index (χ3v) is 1.64. The zero-order valence-electron chi connectivity index (χ0n) is 7.53. The Hall–Kier alpha value is 0.295. The van der Waals surface area contributed by atoms with E-state index in [1.54, 1.807) is 0 Å². The number of thiol groups is 1. The predicted molar refractivity (Wildman–Crippen MR) is 53.3 cm³/mol. The van der Waals surface area contributed by atoms with Crippen molar-refractivity contribution in [2.24, 2.45) is 0 Å². The topological polar surface area (TPSA) is 38.7 Å². The highest BCUT2D eigenvalue weighted by molar-refractivity contribution is 7.80. The van der Waals surface area contributed by atoms with Crippen molar-refractivity contribution >= 4 is 20.0 Å². The summed E-state index contributed by atoms with van der Waals surface area (Å²) in [5.41, 5.74) is 0. The molecule has 0 unspecified atom stereocenters. The van der Waals surface area contributed by atoms with Gasteiger partial charge in [-0.2, -0.15) is 12.6 Å². The van der Waals surface area contributed by atoms with Crippen LogP contribution < -0.4 is 0 Å². The highest BCUT2D eigenvalue weighted by Gasteiger charge is 2.13. The van der Waals surface area contributed by atoms with E-state index in [0.717, 1.165) is 25.0 Å². The quantitative estimate of drug-likeness (QED) is 0.344. The van der Waals surface area contributed by atoms with Crippen LogP contribution in [-0.2, 0) is 9.31 Å². The van der Waals surface area contributed by atoms with Gasteiger partial charge in [-0.3, -0.25) is 0 Å². The van der Waals surface area contributed by atoms with Crippen molar-refractivity contribution in [1.29, 1.82) is 0 Å². The molecular weight excluding hydrogens is 175 g/mol. The largest absolute Gasteiger partial charge is 0.636 e. The van der Waals surface area contributed by atoms with Gasteiger partial charge >= 0.3 is 7.32 Å². The molecular formula is C7H17BO3S. The fourth-order valence-corrected chi connectivity index (χ4v) is 0.754. The van der Waals surface area contributed by atoms with Gasteiger partial charge in [-0.05, 0) is 18.6 Å². The molecule has 0 aromatic heterocycles. The summed E-state index contributed by atoms with van der Waals surface area (Å²) in [5, 5.41) is 9.03. The van der Waals surface area contributed by atoms with Gasteiger partial charge in [0.05, 0.1) is 0 Å². The van der Waals surface area contributed by atoms with Crippen LogP contribution in [0.5, 0.6) is 0 Å². The summed E-state index contributed by atoms with van der Waals surface area (Å²) in [6.45, 7) is 3.12. The first-order valence-corrected chi connectivity index (χ1v) is 4.96. The van der Waals surface area contributed by atoms with Crippen molar-refractivity contribution in [2.45, 2.75) is 26.2 Å². The van der Waals surface area contributed by atoms with E-state index in [1.807, 2.05) is 0 Å². The monoisotopic (exact) mass is 192 g/mol. The van der Waals surface area contributed by atoms with Crippen molar-refractivity contribution in [2.75, 3.05) is 19.0 Å². The molecule has 0 spiro atoms. The van der Waals surface area contributed by atoms with Crippen LogP contribution in [0.3, 0.4) is 0 Å². The molecule has 0 bridgehead atoms. The standard InChI is InChI=1S/C7H17BO3S/c1-2-3-5-10-8(9)11-6-4-7-12/h9,12H,2-7H2,1H3. The Bertz CT molecular complexity index is 84.7. The molecule has 0 aliphatic rings. The van der Waals surface area contributed by atoms with Crippen LogP contribution in [0.4, 0.5) is 0 Å². The fourth-order valence-electron chi connectivity index (χ4n) is 0.625. The summed E-state index contributed by atoms with van der Waals surface area (Å²) in [6, 6.07) is 0. The van der Waals surface area contributed by atoms with E-state index in [1.165, 1.54) is 0 Å². The minimum absolute atomic E-state index is 0.497. The second-order valence-electron chi connectivity index (χ2n) is 2.48. The Labute approximate surface area is 80.0 Å². The van der Waals surface area contributed by atoms with Crippen molar-refractivity contribution in [3.05, 3.63) is 0 Å². The van der Waals surface area contributed by atoms with Gasteiger partial charge in [0.2, 0.25) is 0 Å². The maximum absolute atomic E-state index is 9.03. The molecule has 12 heavy (non-hydrogen) atoms. The molecule has 1 N–H and O–H groups in total. The maximum Gasteiger partial charge on any atom is 0.636 e. The third-order valence-electron chi connectivity index (χ3n) is 1.32. The van der Waals surface area contributed by atoms with Gasteiger partial charge in [-0.15, -0.1) is 0 Å². The van der Waals surface area contributed by atoms with Gasteiger partial charge in [-0.25, -0.2) is 0 Å². The summed E-state index contributed by atoms with van der Waals surface area (Å²) in [5.74, 6) is 0.766. The first kappa shape index (κ1) is 12.3. The molecule has 0 aliphatic heterocycles. The number of hydrogen-bond donors (Lipinski definition) is 2. The highest BCUT2D eigenvalue weighted by Crippen LogP contribution is 1.93. The average molecular weight is 192 g/mol. The number of rotatable bonds is 8. The van der Waals surface area contributed by atoms with Gasteiger partial charge in [-0.1, -0.05) is 13.3 Å². The van der Waals surface area contributed by atoms with Crippen LogP contribution in [0, 0.1) is 0 Å². The molecule has 0 heterocycles. The minimum Gasteiger partial charge on any atom is -0.402 e. The Morgan fingerprint density at radius 1 is 1.25 bits per heavy atom. The first-order valence-electron chi connectivity index (χ1n) is 4.33. The highest BCUT2D eigenvalue weighted by atomic mass is 32.1. The molecule has 0 atom stereocenters. The van der Waals surface area contributed by atoms with Crippen LogP contribution in [0.2, 0.25) is 0 Å². The minimum atomic E-state index is -1.06. The fraction of sp³-hybridized carbons (Fsp3) is 1.00. The Morgan fingerprint density at radius 3 is 2.33 bits per heavy atom. The van der Waals surface area contributed by atoms with Crippen molar-refractivity contribution in [1.82, 2.24) is 0 Å². The van der Waals surface area contributed by atoms with Gasteiger partial charge in [0.15, 0.2) is 0 Å². The van der Waals surface area contributed by atoms with E-state index in [2.05, 4.69) is 19.6 Å². The van der Waals surface area contributed by atoms with Crippen LogP contribution >= 0.6 is 12.6 Å². The normalized spacial score (nSPS) is 10.2. The molecule has 0 saturated carbocycles. The SMILES string of the molecule is CCCCOB(O)OCCCS. The van der Waals surface area contributed by atoms with Gasteiger partial charge in [0.25, 0.3) is 0 Å². The predicted octanol–water partition coefficient (Wildman–Crippen LogP) is 1.12. The number of hydrogen-bond acceptors (Lipinski definition) is 4. The molecule has 0 amide bonds. The lowest BCUT2D eigenvalue weighted by Gasteiger charge is -2.06. The third kappa shape index (κ3) is 8.39. The molecule has 0 radical (unpaired) electrons. The Balaban J connectivity index is 3.04. The van der Waals surface area contributed by atoms with Crippen LogP contribution in [0.25, 0.3) is 0 Å². The van der Waals surface area contributed by atoms with E-state index in [4.69, 9.17) is 14.3 Å². The average Bonchev–Trinajstić information content (AvgIpc) is 2.06. The molecule has 0 aromatic carbocycles. The van der Waals surface area contributed by atoms with E-state index < -0.39 is 7.32 Å². The molecule has 3 nitrogen and oxygen atoms in total. The maximum atomic E-state index is 9.03. The zero-order valence-corrected chi connectivity index (χ0v) is 8.43.